The van der Waals surface area contributed by atoms with Crippen LogP contribution in [0.4, 0.5) is 5.69 Å². The van der Waals surface area contributed by atoms with Gasteiger partial charge in [0.15, 0.2) is 5.82 Å². The highest BCUT2D eigenvalue weighted by atomic mass is 16.3. The van der Waals surface area contributed by atoms with E-state index in [0.29, 0.717) is 0 Å². The van der Waals surface area contributed by atoms with E-state index < -0.39 is 0 Å². The topological polar surface area (TPSA) is 73.0 Å². The lowest BCUT2D eigenvalue weighted by Crippen LogP contribution is -2.14. The van der Waals surface area contributed by atoms with Gasteiger partial charge in [-0.1, -0.05) is 24.3 Å². The Bertz CT molecular complexity index is 1090. The van der Waals surface area contributed by atoms with Gasteiger partial charge in [-0.3, -0.25) is 4.79 Å². The van der Waals surface area contributed by atoms with E-state index in [-0.39, 0.29) is 12.3 Å². The number of anilines is 1. The largest absolute Gasteiger partial charge is 0.464 e. The fraction of sp³-hybridized carbons (Fsp3) is 0.150. The van der Waals surface area contributed by atoms with Gasteiger partial charge in [-0.05, 0) is 30.7 Å². The number of benzene rings is 2. The number of carbonyl (C=O) groups excluding carboxylic acids is 1. The number of rotatable bonds is 4. The number of carbonyl (C=O) groups is 1. The highest BCUT2D eigenvalue weighted by Gasteiger charge is 2.12. The highest BCUT2D eigenvalue weighted by molar-refractivity contribution is 5.95. The number of hydrogen-bond acceptors (Lipinski definition) is 4. The second-order valence-electron chi connectivity index (χ2n) is 6.33. The molecule has 0 radical (unpaired) electrons. The molecule has 0 atom stereocenters. The standard InChI is InChI=1S/C20H18N4O2/c1-13-6-7-17-15(11-26-18(17)8-13)10-19(25)22-16-5-3-4-14(9-16)20-23-21-12-24(20)2/h3-9,11-12H,10H2,1-2H3,(H,22,25). The molecule has 0 spiro atoms. The SMILES string of the molecule is Cc1ccc2c(CC(=O)Nc3cccc(-c4nncn4C)c3)coc2c1. The van der Waals surface area contributed by atoms with E-state index in [9.17, 15) is 4.79 Å². The Kier molecular flexibility index (Phi) is 4.01. The van der Waals surface area contributed by atoms with Crippen molar-refractivity contribution in [2.24, 2.45) is 7.05 Å². The number of furan rings is 1. The number of amides is 1. The van der Waals surface area contributed by atoms with Gasteiger partial charge in [0.05, 0.1) is 12.7 Å². The molecular weight excluding hydrogens is 328 g/mol. The van der Waals surface area contributed by atoms with Crippen LogP contribution in [0, 0.1) is 6.92 Å². The highest BCUT2D eigenvalue weighted by Crippen LogP contribution is 2.24. The maximum Gasteiger partial charge on any atom is 0.228 e. The Morgan fingerprint density at radius 1 is 1.23 bits per heavy atom. The second kappa shape index (κ2) is 6.48. The molecular formula is C20H18N4O2. The van der Waals surface area contributed by atoms with Crippen LogP contribution in [-0.2, 0) is 18.3 Å². The number of nitrogens with zero attached hydrogens (tertiary/aromatic N) is 3. The Hall–Kier alpha value is -3.41. The zero-order valence-corrected chi connectivity index (χ0v) is 14.6. The van der Waals surface area contributed by atoms with E-state index in [4.69, 9.17) is 4.42 Å². The maximum absolute atomic E-state index is 12.5. The third-order valence-electron chi connectivity index (χ3n) is 4.28. The number of nitrogens with one attached hydrogen (secondary N) is 1. The third kappa shape index (κ3) is 3.09. The van der Waals surface area contributed by atoms with Gasteiger partial charge < -0.3 is 14.3 Å². The van der Waals surface area contributed by atoms with Crippen molar-refractivity contribution in [3.63, 3.8) is 0 Å². The first-order valence-corrected chi connectivity index (χ1v) is 8.31. The van der Waals surface area contributed by atoms with Gasteiger partial charge in [0, 0.05) is 29.2 Å². The van der Waals surface area contributed by atoms with Crippen molar-refractivity contribution < 1.29 is 9.21 Å². The molecule has 6 heteroatoms. The Morgan fingerprint density at radius 2 is 2.12 bits per heavy atom. The number of aryl methyl sites for hydroxylation is 2. The Labute approximate surface area is 150 Å². The van der Waals surface area contributed by atoms with E-state index in [1.54, 1.807) is 12.6 Å². The lowest BCUT2D eigenvalue weighted by Gasteiger charge is -2.07. The van der Waals surface area contributed by atoms with Crippen molar-refractivity contribution in [1.82, 2.24) is 14.8 Å². The van der Waals surface area contributed by atoms with Crippen molar-refractivity contribution >= 4 is 22.6 Å². The average Bonchev–Trinajstić information content (AvgIpc) is 3.21. The van der Waals surface area contributed by atoms with Crippen LogP contribution in [0.25, 0.3) is 22.4 Å². The smallest absolute Gasteiger partial charge is 0.228 e. The van der Waals surface area contributed by atoms with Crippen molar-refractivity contribution in [3.8, 4) is 11.4 Å². The molecule has 6 nitrogen and oxygen atoms in total. The van der Waals surface area contributed by atoms with E-state index in [2.05, 4.69) is 15.5 Å². The van der Waals surface area contributed by atoms with Crippen LogP contribution in [0.5, 0.6) is 0 Å². The van der Waals surface area contributed by atoms with Crippen molar-refractivity contribution in [1.29, 1.82) is 0 Å². The minimum atomic E-state index is -0.0941. The molecule has 0 bridgehead atoms. The van der Waals surface area contributed by atoms with E-state index in [0.717, 1.165) is 39.2 Å². The normalized spacial score (nSPS) is 11.0. The lowest BCUT2D eigenvalue weighted by molar-refractivity contribution is -0.115. The molecule has 0 saturated heterocycles. The monoisotopic (exact) mass is 346 g/mol. The van der Waals surface area contributed by atoms with Crippen molar-refractivity contribution in [2.45, 2.75) is 13.3 Å². The van der Waals surface area contributed by atoms with Crippen LogP contribution < -0.4 is 5.32 Å². The second-order valence-corrected chi connectivity index (χ2v) is 6.33. The third-order valence-corrected chi connectivity index (χ3v) is 4.28. The summed E-state index contributed by atoms with van der Waals surface area (Å²) in [6.07, 6.45) is 3.55. The van der Waals surface area contributed by atoms with Crippen LogP contribution in [0.1, 0.15) is 11.1 Å². The quantitative estimate of drug-likeness (QED) is 0.611. The minimum Gasteiger partial charge on any atom is -0.464 e. The zero-order valence-electron chi connectivity index (χ0n) is 14.6. The first kappa shape index (κ1) is 16.1. The summed E-state index contributed by atoms with van der Waals surface area (Å²) < 4.78 is 7.40. The molecule has 26 heavy (non-hydrogen) atoms. The molecule has 1 amide bonds. The number of aromatic nitrogens is 3. The van der Waals surface area contributed by atoms with Crippen LogP contribution >= 0.6 is 0 Å². The van der Waals surface area contributed by atoms with Gasteiger partial charge >= 0.3 is 0 Å². The number of hydrogen-bond donors (Lipinski definition) is 1. The molecule has 2 heterocycles. The molecule has 4 rings (SSSR count). The molecule has 1 N–H and O–H groups in total. The Balaban J connectivity index is 1.52. The summed E-state index contributed by atoms with van der Waals surface area (Å²) in [7, 11) is 1.88. The zero-order chi connectivity index (χ0) is 18.1. The molecule has 0 fully saturated rings. The van der Waals surface area contributed by atoms with Crippen LogP contribution in [0.15, 0.2) is 59.5 Å². The van der Waals surface area contributed by atoms with Gasteiger partial charge in [0.25, 0.3) is 0 Å². The number of fused-ring (bicyclic) bond motifs is 1. The van der Waals surface area contributed by atoms with Gasteiger partial charge in [0.2, 0.25) is 5.91 Å². The summed E-state index contributed by atoms with van der Waals surface area (Å²) in [5.74, 6) is 0.653. The van der Waals surface area contributed by atoms with E-state index >= 15 is 0 Å². The molecule has 0 aliphatic carbocycles. The molecule has 4 aromatic rings. The lowest BCUT2D eigenvalue weighted by atomic mass is 10.1. The van der Waals surface area contributed by atoms with Crippen LogP contribution in [-0.4, -0.2) is 20.7 Å². The summed E-state index contributed by atoms with van der Waals surface area (Å²) >= 11 is 0. The molecule has 0 unspecified atom stereocenters. The van der Waals surface area contributed by atoms with Gasteiger partial charge in [0.1, 0.15) is 11.9 Å². The summed E-state index contributed by atoms with van der Waals surface area (Å²) in [5.41, 5.74) is 4.42. The minimum absolute atomic E-state index is 0.0941. The van der Waals surface area contributed by atoms with Gasteiger partial charge in [-0.2, -0.15) is 0 Å². The molecule has 130 valence electrons. The molecule has 2 aromatic carbocycles. The predicted molar refractivity (Wildman–Crippen MR) is 99.7 cm³/mol. The first-order valence-electron chi connectivity index (χ1n) is 8.31. The van der Waals surface area contributed by atoms with Gasteiger partial charge in [-0.15, -0.1) is 10.2 Å². The molecule has 0 saturated carbocycles. The first-order chi connectivity index (χ1) is 12.6. The fourth-order valence-electron chi connectivity index (χ4n) is 2.99. The average molecular weight is 346 g/mol. The fourth-order valence-corrected chi connectivity index (χ4v) is 2.99. The van der Waals surface area contributed by atoms with E-state index in [1.807, 2.05) is 61.0 Å². The summed E-state index contributed by atoms with van der Waals surface area (Å²) in [4.78, 5) is 12.5. The van der Waals surface area contributed by atoms with Crippen molar-refractivity contribution in [2.75, 3.05) is 5.32 Å². The molecule has 0 aliphatic heterocycles. The van der Waals surface area contributed by atoms with Crippen LogP contribution in [0.3, 0.4) is 0 Å². The molecule has 2 aromatic heterocycles. The van der Waals surface area contributed by atoms with Crippen molar-refractivity contribution in [3.05, 3.63) is 66.2 Å². The van der Waals surface area contributed by atoms with E-state index in [1.165, 1.54) is 0 Å². The van der Waals surface area contributed by atoms with Gasteiger partial charge in [-0.25, -0.2) is 0 Å². The summed E-state index contributed by atoms with van der Waals surface area (Å²) in [5, 5.41) is 11.9. The molecule has 0 aliphatic rings. The summed E-state index contributed by atoms with van der Waals surface area (Å²) in [6.45, 7) is 2.01. The summed E-state index contributed by atoms with van der Waals surface area (Å²) in [6, 6.07) is 13.5. The Morgan fingerprint density at radius 3 is 2.92 bits per heavy atom. The van der Waals surface area contributed by atoms with Crippen LogP contribution in [0.2, 0.25) is 0 Å². The predicted octanol–water partition coefficient (Wildman–Crippen LogP) is 3.72. The maximum atomic E-state index is 12.5.